The zero-order chi connectivity index (χ0) is 15.6. The molecule has 1 aliphatic heterocycles. The maximum Gasteiger partial charge on any atom is 0.175 e. The summed E-state index contributed by atoms with van der Waals surface area (Å²) in [5.41, 5.74) is 0. The molecule has 0 N–H and O–H groups in total. The van der Waals surface area contributed by atoms with E-state index in [0.717, 1.165) is 19.7 Å². The van der Waals surface area contributed by atoms with Crippen LogP contribution in [0.4, 0.5) is 0 Å². The van der Waals surface area contributed by atoms with Crippen LogP contribution in [0.25, 0.3) is 0 Å². The van der Waals surface area contributed by atoms with Gasteiger partial charge in [-0.2, -0.15) is 0 Å². The number of hydrogen-bond donors (Lipinski definition) is 0. The van der Waals surface area contributed by atoms with Crippen LogP contribution < -0.4 is 4.74 Å². The first kappa shape index (κ1) is 15.8. The fourth-order valence-corrected chi connectivity index (χ4v) is 3.55. The highest BCUT2D eigenvalue weighted by Gasteiger charge is 2.29. The van der Waals surface area contributed by atoms with E-state index in [1.165, 1.54) is 25.5 Å². The summed E-state index contributed by atoms with van der Waals surface area (Å²) in [6.45, 7) is 3.18. The van der Waals surface area contributed by atoms with Crippen LogP contribution in [-0.4, -0.2) is 58.0 Å². The normalized spacial score (nSPS) is 24.5. The molecule has 0 amide bonds. The van der Waals surface area contributed by atoms with E-state index in [1.807, 2.05) is 0 Å². The Balaban J connectivity index is 1.63. The van der Waals surface area contributed by atoms with Crippen LogP contribution in [-0.2, 0) is 14.6 Å². The van der Waals surface area contributed by atoms with Gasteiger partial charge in [0.05, 0.1) is 18.1 Å². The van der Waals surface area contributed by atoms with Gasteiger partial charge in [-0.1, -0.05) is 6.42 Å². The molecule has 22 heavy (non-hydrogen) atoms. The Labute approximate surface area is 132 Å². The highest BCUT2D eigenvalue weighted by molar-refractivity contribution is 7.90. The van der Waals surface area contributed by atoms with E-state index in [4.69, 9.17) is 9.47 Å². The van der Waals surface area contributed by atoms with Crippen molar-refractivity contribution in [2.75, 3.05) is 32.6 Å². The van der Waals surface area contributed by atoms with Gasteiger partial charge in [0, 0.05) is 25.4 Å². The number of nitrogens with zero attached hydrogens (tertiary/aromatic N) is 1. The fourth-order valence-electron chi connectivity index (χ4n) is 2.91. The van der Waals surface area contributed by atoms with Crippen molar-refractivity contribution >= 4 is 9.84 Å². The van der Waals surface area contributed by atoms with E-state index in [1.54, 1.807) is 24.3 Å². The van der Waals surface area contributed by atoms with Crippen molar-refractivity contribution in [3.05, 3.63) is 24.3 Å². The molecule has 1 aromatic carbocycles. The average molecular weight is 325 g/mol. The Morgan fingerprint density at radius 3 is 2.55 bits per heavy atom. The predicted molar refractivity (Wildman–Crippen MR) is 84.0 cm³/mol. The molecule has 1 unspecified atom stereocenters. The Hall–Kier alpha value is -1.11. The molecule has 1 aromatic rings. The van der Waals surface area contributed by atoms with E-state index in [9.17, 15) is 8.42 Å². The molecule has 1 aliphatic carbocycles. The molecule has 122 valence electrons. The molecule has 0 spiro atoms. The van der Waals surface area contributed by atoms with Crippen molar-refractivity contribution < 1.29 is 17.9 Å². The van der Waals surface area contributed by atoms with Crippen LogP contribution in [0, 0.1) is 0 Å². The minimum absolute atomic E-state index is 0.00724. The number of rotatable bonds is 4. The van der Waals surface area contributed by atoms with Gasteiger partial charge in [0.15, 0.2) is 9.84 Å². The Bertz CT molecular complexity index is 595. The van der Waals surface area contributed by atoms with E-state index in [-0.39, 0.29) is 6.10 Å². The van der Waals surface area contributed by atoms with Crippen molar-refractivity contribution in [3.8, 4) is 5.75 Å². The lowest BCUT2D eigenvalue weighted by Crippen LogP contribution is -2.45. The quantitative estimate of drug-likeness (QED) is 0.844. The zero-order valence-electron chi connectivity index (χ0n) is 12.9. The Kier molecular flexibility index (Phi) is 4.70. The molecule has 2 aliphatic rings. The summed E-state index contributed by atoms with van der Waals surface area (Å²) in [6.07, 6.45) is 5.07. The molecule has 1 heterocycles. The number of hydrogen-bond acceptors (Lipinski definition) is 5. The maximum atomic E-state index is 11.5. The standard InChI is InChI=1S/C16H23NO4S/c1-22(18,19)16-7-5-14(6-8-16)21-15-11-17(9-10-20-12-15)13-3-2-4-13/h5-8,13,15H,2-4,9-12H2,1H3. The minimum atomic E-state index is -3.16. The molecule has 0 aromatic heterocycles. The van der Waals surface area contributed by atoms with Gasteiger partial charge in [-0.25, -0.2) is 8.42 Å². The Morgan fingerprint density at radius 2 is 1.95 bits per heavy atom. The minimum Gasteiger partial charge on any atom is -0.487 e. The summed E-state index contributed by atoms with van der Waals surface area (Å²) in [5.74, 6) is 0.691. The van der Waals surface area contributed by atoms with Crippen molar-refractivity contribution in [1.82, 2.24) is 4.90 Å². The van der Waals surface area contributed by atoms with Crippen LogP contribution in [0.2, 0.25) is 0 Å². The summed E-state index contributed by atoms with van der Waals surface area (Å²) >= 11 is 0. The number of sulfone groups is 1. The molecule has 3 rings (SSSR count). The summed E-state index contributed by atoms with van der Waals surface area (Å²) in [4.78, 5) is 2.78. The van der Waals surface area contributed by atoms with Gasteiger partial charge < -0.3 is 9.47 Å². The molecular weight excluding hydrogens is 302 g/mol. The molecule has 1 atom stereocenters. The second-order valence-corrected chi connectivity index (χ2v) is 8.15. The first-order valence-electron chi connectivity index (χ1n) is 7.81. The van der Waals surface area contributed by atoms with Crippen LogP contribution in [0.1, 0.15) is 19.3 Å². The lowest BCUT2D eigenvalue weighted by molar-refractivity contribution is 0.0658. The molecule has 1 saturated heterocycles. The molecule has 6 heteroatoms. The van der Waals surface area contributed by atoms with E-state index >= 15 is 0 Å². The third-order valence-corrected chi connectivity index (χ3v) is 5.54. The van der Waals surface area contributed by atoms with E-state index in [0.29, 0.717) is 23.3 Å². The summed E-state index contributed by atoms with van der Waals surface area (Å²) in [5, 5.41) is 0. The first-order chi connectivity index (χ1) is 10.5. The SMILES string of the molecule is CS(=O)(=O)c1ccc(OC2COCCN(C3CCC3)C2)cc1. The predicted octanol–water partition coefficient (Wildman–Crippen LogP) is 1.72. The average Bonchev–Trinajstić information content (AvgIpc) is 2.62. The lowest BCUT2D eigenvalue weighted by atomic mass is 9.91. The number of ether oxygens (including phenoxy) is 2. The van der Waals surface area contributed by atoms with E-state index < -0.39 is 9.84 Å². The van der Waals surface area contributed by atoms with Crippen molar-refractivity contribution in [1.29, 1.82) is 0 Å². The second kappa shape index (κ2) is 6.56. The molecule has 0 radical (unpaired) electrons. The van der Waals surface area contributed by atoms with Crippen molar-refractivity contribution in [2.45, 2.75) is 36.3 Å². The zero-order valence-corrected chi connectivity index (χ0v) is 13.7. The van der Waals surface area contributed by atoms with Gasteiger partial charge in [0.25, 0.3) is 0 Å². The lowest BCUT2D eigenvalue weighted by Gasteiger charge is -2.37. The van der Waals surface area contributed by atoms with Gasteiger partial charge in [-0.05, 0) is 37.1 Å². The van der Waals surface area contributed by atoms with Crippen molar-refractivity contribution in [3.63, 3.8) is 0 Å². The van der Waals surface area contributed by atoms with Crippen molar-refractivity contribution in [2.24, 2.45) is 0 Å². The van der Waals surface area contributed by atoms with Crippen LogP contribution in [0.15, 0.2) is 29.2 Å². The highest BCUT2D eigenvalue weighted by Crippen LogP contribution is 2.26. The van der Waals surface area contributed by atoms with Gasteiger partial charge in [-0.15, -0.1) is 0 Å². The summed E-state index contributed by atoms with van der Waals surface area (Å²) in [7, 11) is -3.16. The molecule has 1 saturated carbocycles. The third-order valence-electron chi connectivity index (χ3n) is 4.41. The van der Waals surface area contributed by atoms with Crippen LogP contribution >= 0.6 is 0 Å². The van der Waals surface area contributed by atoms with E-state index in [2.05, 4.69) is 4.90 Å². The molecule has 0 bridgehead atoms. The molecule has 2 fully saturated rings. The second-order valence-electron chi connectivity index (χ2n) is 6.14. The van der Waals surface area contributed by atoms with Crippen LogP contribution in [0.3, 0.4) is 0 Å². The smallest absolute Gasteiger partial charge is 0.175 e. The largest absolute Gasteiger partial charge is 0.487 e. The summed E-state index contributed by atoms with van der Waals surface area (Å²) in [6, 6.07) is 7.29. The number of benzene rings is 1. The monoisotopic (exact) mass is 325 g/mol. The van der Waals surface area contributed by atoms with Gasteiger partial charge in [0.2, 0.25) is 0 Å². The van der Waals surface area contributed by atoms with Crippen LogP contribution in [0.5, 0.6) is 5.75 Å². The maximum absolute atomic E-state index is 11.5. The topological polar surface area (TPSA) is 55.8 Å². The Morgan fingerprint density at radius 1 is 1.23 bits per heavy atom. The summed E-state index contributed by atoms with van der Waals surface area (Å²) < 4.78 is 34.6. The molecular formula is C16H23NO4S. The highest BCUT2D eigenvalue weighted by atomic mass is 32.2. The van der Waals surface area contributed by atoms with Gasteiger partial charge in [0.1, 0.15) is 11.9 Å². The third kappa shape index (κ3) is 3.80. The fraction of sp³-hybridized carbons (Fsp3) is 0.625. The van der Waals surface area contributed by atoms with Gasteiger partial charge in [-0.3, -0.25) is 4.90 Å². The first-order valence-corrected chi connectivity index (χ1v) is 9.70. The molecule has 5 nitrogen and oxygen atoms in total. The van der Waals surface area contributed by atoms with Gasteiger partial charge >= 0.3 is 0 Å².